The Kier molecular flexibility index (Phi) is 6.23. The summed E-state index contributed by atoms with van der Waals surface area (Å²) < 4.78 is 7.05. The number of fused-ring (bicyclic) bond motifs is 5. The Labute approximate surface area is 217 Å². The Bertz CT molecular complexity index is 992. The van der Waals surface area contributed by atoms with E-state index in [2.05, 4.69) is 43.4 Å². The molecule has 0 aliphatic heterocycles. The lowest BCUT2D eigenvalue weighted by Gasteiger charge is -2.61. The van der Waals surface area contributed by atoms with E-state index < -0.39 is 5.60 Å². The molecule has 1 aromatic carbocycles. The Morgan fingerprint density at radius 1 is 1.06 bits per heavy atom. The first-order chi connectivity index (χ1) is 16.0. The van der Waals surface area contributed by atoms with Crippen LogP contribution in [0.2, 0.25) is 0 Å². The van der Waals surface area contributed by atoms with E-state index in [1.165, 1.54) is 6.42 Å². The van der Waals surface area contributed by atoms with E-state index in [0.717, 1.165) is 48.5 Å². The number of hydrogen-bond acceptors (Lipinski definition) is 4. The maximum absolute atomic E-state index is 12.8. The molecule has 9 atom stereocenters. The molecular formula is C29H39IO4. The van der Waals surface area contributed by atoms with Crippen LogP contribution in [0.25, 0.3) is 0 Å². The molecule has 9 unspecified atom stereocenters. The van der Waals surface area contributed by atoms with Gasteiger partial charge >= 0.3 is 5.97 Å². The molecule has 0 aromatic heterocycles. The Hall–Kier alpha value is -0.950. The SMILES string of the molecule is CC(=O)C1(O)C(C)CC2C3CCC4CC(OC(=O)c5cccc(I)c5)CCC4(C)C3CCC21C. The van der Waals surface area contributed by atoms with Gasteiger partial charge in [-0.25, -0.2) is 4.79 Å². The zero-order valence-electron chi connectivity index (χ0n) is 21.0. The van der Waals surface area contributed by atoms with Crippen LogP contribution in [0.4, 0.5) is 0 Å². The third-order valence-electron chi connectivity index (χ3n) is 11.1. The summed E-state index contributed by atoms with van der Waals surface area (Å²) in [5, 5.41) is 11.6. The van der Waals surface area contributed by atoms with Crippen LogP contribution < -0.4 is 0 Å². The van der Waals surface area contributed by atoms with E-state index in [1.54, 1.807) is 6.92 Å². The maximum Gasteiger partial charge on any atom is 0.338 e. The van der Waals surface area contributed by atoms with Gasteiger partial charge in [-0.05, 0) is 134 Å². The van der Waals surface area contributed by atoms with Gasteiger partial charge in [-0.2, -0.15) is 0 Å². The van der Waals surface area contributed by atoms with Gasteiger partial charge in [-0.3, -0.25) is 4.79 Å². The van der Waals surface area contributed by atoms with Crippen LogP contribution in [0, 0.1) is 44.0 Å². The van der Waals surface area contributed by atoms with Gasteiger partial charge in [0.2, 0.25) is 0 Å². The second kappa shape index (κ2) is 8.57. The molecule has 0 radical (unpaired) electrons. The van der Waals surface area contributed by atoms with Crippen LogP contribution in [0.15, 0.2) is 24.3 Å². The van der Waals surface area contributed by atoms with Gasteiger partial charge in [-0.1, -0.05) is 26.8 Å². The first-order valence-corrected chi connectivity index (χ1v) is 14.3. The smallest absolute Gasteiger partial charge is 0.338 e. The van der Waals surface area contributed by atoms with Crippen molar-refractivity contribution in [2.75, 3.05) is 0 Å². The second-order valence-corrected chi connectivity index (χ2v) is 13.6. The molecule has 34 heavy (non-hydrogen) atoms. The highest BCUT2D eigenvalue weighted by Gasteiger charge is 2.68. The predicted molar refractivity (Wildman–Crippen MR) is 140 cm³/mol. The van der Waals surface area contributed by atoms with Crippen LogP contribution >= 0.6 is 22.6 Å². The Balaban J connectivity index is 1.31. The molecule has 4 aliphatic carbocycles. The number of Topliss-reactive ketones (excluding diaryl/α,β-unsaturated/α-hetero) is 1. The minimum Gasteiger partial charge on any atom is -0.459 e. The van der Waals surface area contributed by atoms with Gasteiger partial charge in [0.05, 0.1) is 5.56 Å². The molecule has 0 amide bonds. The first kappa shape index (κ1) is 24.7. The van der Waals surface area contributed by atoms with Crippen LogP contribution in [0.5, 0.6) is 0 Å². The summed E-state index contributed by atoms with van der Waals surface area (Å²) in [5.41, 5.74) is -0.580. The summed E-state index contributed by atoms with van der Waals surface area (Å²) in [6.07, 6.45) is 8.32. The average Bonchev–Trinajstić information content (AvgIpc) is 3.01. The fourth-order valence-corrected chi connectivity index (χ4v) is 9.80. The molecule has 0 saturated heterocycles. The van der Waals surface area contributed by atoms with Crippen molar-refractivity contribution in [3.05, 3.63) is 33.4 Å². The number of esters is 1. The van der Waals surface area contributed by atoms with Crippen molar-refractivity contribution in [3.63, 3.8) is 0 Å². The molecule has 4 fully saturated rings. The number of benzene rings is 1. The van der Waals surface area contributed by atoms with Crippen molar-refractivity contribution in [1.82, 2.24) is 0 Å². The van der Waals surface area contributed by atoms with Gasteiger partial charge in [0.25, 0.3) is 0 Å². The maximum atomic E-state index is 12.8. The first-order valence-electron chi connectivity index (χ1n) is 13.2. The van der Waals surface area contributed by atoms with Crippen molar-refractivity contribution in [3.8, 4) is 0 Å². The third-order valence-corrected chi connectivity index (χ3v) is 11.7. The van der Waals surface area contributed by atoms with Crippen LogP contribution in [0.1, 0.15) is 89.4 Å². The van der Waals surface area contributed by atoms with Crippen molar-refractivity contribution in [1.29, 1.82) is 0 Å². The van der Waals surface area contributed by atoms with Gasteiger partial charge in [0.15, 0.2) is 5.78 Å². The molecular weight excluding hydrogens is 539 g/mol. The van der Waals surface area contributed by atoms with Crippen LogP contribution in [0.3, 0.4) is 0 Å². The van der Waals surface area contributed by atoms with Crippen molar-refractivity contribution in [2.45, 2.75) is 90.8 Å². The van der Waals surface area contributed by atoms with Crippen molar-refractivity contribution in [2.24, 2.45) is 40.4 Å². The molecule has 5 rings (SSSR count). The largest absolute Gasteiger partial charge is 0.459 e. The highest BCUT2D eigenvalue weighted by atomic mass is 127. The topological polar surface area (TPSA) is 63.6 Å². The summed E-state index contributed by atoms with van der Waals surface area (Å²) in [6, 6.07) is 7.63. The number of carbonyl (C=O) groups is 2. The zero-order valence-corrected chi connectivity index (χ0v) is 23.1. The van der Waals surface area contributed by atoms with Crippen molar-refractivity contribution < 1.29 is 19.4 Å². The molecule has 0 bridgehead atoms. The van der Waals surface area contributed by atoms with Gasteiger partial charge in [-0.15, -0.1) is 0 Å². The van der Waals surface area contributed by atoms with Crippen molar-refractivity contribution >= 4 is 34.3 Å². The number of hydrogen-bond donors (Lipinski definition) is 1. The lowest BCUT2D eigenvalue weighted by atomic mass is 9.44. The molecule has 4 aliphatic rings. The highest BCUT2D eigenvalue weighted by molar-refractivity contribution is 14.1. The lowest BCUT2D eigenvalue weighted by molar-refractivity contribution is -0.175. The molecule has 4 saturated carbocycles. The standard InChI is InChI=1S/C29H39IO4/c1-17-14-25-23-9-8-20-16-22(34-26(32)19-6-5-7-21(30)15-19)10-12-27(20,3)24(23)11-13-28(25,4)29(17,33)18(2)31/h5-7,15,17,20,22-25,33H,8-14,16H2,1-4H3. The molecule has 1 aromatic rings. The van der Waals surface area contributed by atoms with Gasteiger partial charge in [0, 0.05) is 8.99 Å². The molecule has 186 valence electrons. The number of rotatable bonds is 3. The quantitative estimate of drug-likeness (QED) is 0.332. The summed E-state index contributed by atoms with van der Waals surface area (Å²) in [6.45, 7) is 8.37. The van der Waals surface area contributed by atoms with Crippen LogP contribution in [-0.2, 0) is 9.53 Å². The molecule has 4 nitrogen and oxygen atoms in total. The monoisotopic (exact) mass is 578 g/mol. The molecule has 0 heterocycles. The van der Waals surface area contributed by atoms with E-state index in [1.807, 2.05) is 24.3 Å². The van der Waals surface area contributed by atoms with E-state index in [9.17, 15) is 14.7 Å². The number of ether oxygens (including phenoxy) is 1. The zero-order chi connectivity index (χ0) is 24.5. The van der Waals surface area contributed by atoms with E-state index in [4.69, 9.17) is 4.74 Å². The average molecular weight is 579 g/mol. The van der Waals surface area contributed by atoms with Gasteiger partial charge in [0.1, 0.15) is 11.7 Å². The fraction of sp³-hybridized carbons (Fsp3) is 0.724. The second-order valence-electron chi connectivity index (χ2n) is 12.4. The fourth-order valence-electron chi connectivity index (χ4n) is 9.25. The Morgan fingerprint density at radius 2 is 1.82 bits per heavy atom. The number of ketones is 1. The lowest BCUT2D eigenvalue weighted by Crippen LogP contribution is -2.59. The van der Waals surface area contributed by atoms with E-state index in [0.29, 0.717) is 29.2 Å². The molecule has 1 N–H and O–H groups in total. The number of halogens is 1. The third kappa shape index (κ3) is 3.54. The Morgan fingerprint density at radius 3 is 2.53 bits per heavy atom. The van der Waals surface area contributed by atoms with Crippen LogP contribution in [-0.4, -0.2) is 28.6 Å². The normalized spacial score (nSPS) is 45.6. The number of carbonyl (C=O) groups excluding carboxylic acids is 2. The minimum absolute atomic E-state index is 0.00292. The molecule has 0 spiro atoms. The predicted octanol–water partition coefficient (Wildman–Crippen LogP) is 6.43. The summed E-state index contributed by atoms with van der Waals surface area (Å²) >= 11 is 2.23. The van der Waals surface area contributed by atoms with E-state index >= 15 is 0 Å². The number of aliphatic hydroxyl groups is 1. The summed E-state index contributed by atoms with van der Waals surface area (Å²) in [4.78, 5) is 25.4. The summed E-state index contributed by atoms with van der Waals surface area (Å²) in [7, 11) is 0. The van der Waals surface area contributed by atoms with E-state index in [-0.39, 0.29) is 34.6 Å². The highest BCUT2D eigenvalue weighted by Crippen LogP contribution is 2.69. The molecule has 5 heteroatoms. The van der Waals surface area contributed by atoms with Gasteiger partial charge < -0.3 is 9.84 Å². The summed E-state index contributed by atoms with van der Waals surface area (Å²) in [5.74, 6) is 2.01. The minimum atomic E-state index is -1.18.